The van der Waals surface area contributed by atoms with Gasteiger partial charge in [-0.05, 0) is 38.0 Å². The van der Waals surface area contributed by atoms with Crippen molar-refractivity contribution in [3.05, 3.63) is 29.8 Å². The summed E-state index contributed by atoms with van der Waals surface area (Å²) in [6.45, 7) is 8.45. The summed E-state index contributed by atoms with van der Waals surface area (Å²) < 4.78 is 0. The summed E-state index contributed by atoms with van der Waals surface area (Å²) in [4.78, 5) is 13.9. The van der Waals surface area contributed by atoms with Gasteiger partial charge in [-0.25, -0.2) is 5.43 Å². The van der Waals surface area contributed by atoms with E-state index in [1.807, 2.05) is 12.1 Å². The lowest BCUT2D eigenvalue weighted by molar-refractivity contribution is -0.121. The van der Waals surface area contributed by atoms with Crippen molar-refractivity contribution >= 4 is 17.8 Å². The minimum Gasteiger partial charge on any atom is -0.372 e. The van der Waals surface area contributed by atoms with E-state index in [-0.39, 0.29) is 5.91 Å². The maximum atomic E-state index is 11.6. The van der Waals surface area contributed by atoms with E-state index in [0.717, 1.165) is 31.5 Å². The molecule has 122 valence electrons. The molecule has 1 rings (SSSR count). The lowest BCUT2D eigenvalue weighted by atomic mass is 10.1. The Bertz CT molecular complexity index is 450. The molecule has 0 aliphatic rings. The molecule has 0 saturated carbocycles. The zero-order valence-electron chi connectivity index (χ0n) is 14.1. The molecule has 0 spiro atoms. The molecule has 1 aromatic carbocycles. The number of nitrogens with one attached hydrogen (secondary N) is 1. The summed E-state index contributed by atoms with van der Waals surface area (Å²) in [6, 6.07) is 8.21. The number of hydrazone groups is 1. The number of rotatable bonds is 10. The summed E-state index contributed by atoms with van der Waals surface area (Å²) in [5.74, 6) is -0.00730. The van der Waals surface area contributed by atoms with Gasteiger partial charge in [0.1, 0.15) is 0 Å². The number of carbonyl (C=O) groups excluding carboxylic acids is 1. The zero-order valence-corrected chi connectivity index (χ0v) is 14.1. The van der Waals surface area contributed by atoms with Gasteiger partial charge in [0.25, 0.3) is 0 Å². The topological polar surface area (TPSA) is 44.7 Å². The Kier molecular flexibility index (Phi) is 8.96. The first-order valence-corrected chi connectivity index (χ1v) is 8.38. The van der Waals surface area contributed by atoms with E-state index in [1.54, 1.807) is 6.21 Å². The minimum atomic E-state index is -0.00730. The SMILES string of the molecule is CCCCCCC(=O)NN=Cc1ccc(N(CC)CC)cc1. The van der Waals surface area contributed by atoms with Crippen LogP contribution in [-0.4, -0.2) is 25.2 Å². The molecule has 0 radical (unpaired) electrons. The maximum Gasteiger partial charge on any atom is 0.240 e. The van der Waals surface area contributed by atoms with Crippen LogP contribution in [-0.2, 0) is 4.79 Å². The van der Waals surface area contributed by atoms with Gasteiger partial charge in [0.2, 0.25) is 5.91 Å². The van der Waals surface area contributed by atoms with Crippen molar-refractivity contribution in [2.75, 3.05) is 18.0 Å². The van der Waals surface area contributed by atoms with Gasteiger partial charge in [0, 0.05) is 25.2 Å². The predicted molar refractivity (Wildman–Crippen MR) is 94.5 cm³/mol. The third kappa shape index (κ3) is 6.74. The highest BCUT2D eigenvalue weighted by atomic mass is 16.2. The third-order valence-corrected chi connectivity index (χ3v) is 3.68. The van der Waals surface area contributed by atoms with E-state index >= 15 is 0 Å². The molecule has 22 heavy (non-hydrogen) atoms. The van der Waals surface area contributed by atoms with Crippen LogP contribution in [0.4, 0.5) is 5.69 Å². The van der Waals surface area contributed by atoms with Gasteiger partial charge < -0.3 is 4.90 Å². The number of benzene rings is 1. The fourth-order valence-electron chi connectivity index (χ4n) is 2.31. The van der Waals surface area contributed by atoms with Crippen LogP contribution in [0.5, 0.6) is 0 Å². The molecule has 0 fully saturated rings. The number of nitrogens with zero attached hydrogens (tertiary/aromatic N) is 2. The second-order valence-electron chi connectivity index (χ2n) is 5.37. The molecule has 0 heterocycles. The summed E-state index contributed by atoms with van der Waals surface area (Å²) in [7, 11) is 0. The van der Waals surface area contributed by atoms with E-state index < -0.39 is 0 Å². The Labute approximate surface area is 134 Å². The Morgan fingerprint density at radius 2 is 1.77 bits per heavy atom. The molecular formula is C18H29N3O. The van der Waals surface area contributed by atoms with Crippen molar-refractivity contribution in [2.45, 2.75) is 52.9 Å². The first-order valence-electron chi connectivity index (χ1n) is 8.38. The predicted octanol–water partition coefficient (Wildman–Crippen LogP) is 3.95. The summed E-state index contributed by atoms with van der Waals surface area (Å²) >= 11 is 0. The van der Waals surface area contributed by atoms with Crippen LogP contribution in [0.3, 0.4) is 0 Å². The fraction of sp³-hybridized carbons (Fsp3) is 0.556. The van der Waals surface area contributed by atoms with Crippen LogP contribution in [0, 0.1) is 0 Å². The number of unbranched alkanes of at least 4 members (excludes halogenated alkanes) is 3. The Morgan fingerprint density at radius 3 is 2.36 bits per heavy atom. The van der Waals surface area contributed by atoms with Crippen LogP contribution in [0.25, 0.3) is 0 Å². The quantitative estimate of drug-likeness (QED) is 0.404. The molecule has 0 saturated heterocycles. The molecule has 1 N–H and O–H groups in total. The average molecular weight is 303 g/mol. The molecule has 0 unspecified atom stereocenters. The van der Waals surface area contributed by atoms with Crippen molar-refractivity contribution in [1.82, 2.24) is 5.43 Å². The van der Waals surface area contributed by atoms with Crippen LogP contribution < -0.4 is 10.3 Å². The van der Waals surface area contributed by atoms with E-state index in [9.17, 15) is 4.79 Å². The number of hydrogen-bond acceptors (Lipinski definition) is 3. The molecular weight excluding hydrogens is 274 g/mol. The molecule has 4 heteroatoms. The van der Waals surface area contributed by atoms with Gasteiger partial charge in [-0.2, -0.15) is 5.10 Å². The Balaban J connectivity index is 2.38. The minimum absolute atomic E-state index is 0.00730. The highest BCUT2D eigenvalue weighted by Crippen LogP contribution is 2.13. The van der Waals surface area contributed by atoms with E-state index in [4.69, 9.17) is 0 Å². The van der Waals surface area contributed by atoms with Crippen LogP contribution in [0.2, 0.25) is 0 Å². The molecule has 0 aromatic heterocycles. The van der Waals surface area contributed by atoms with Crippen molar-refractivity contribution < 1.29 is 4.79 Å². The highest BCUT2D eigenvalue weighted by molar-refractivity contribution is 5.82. The summed E-state index contributed by atoms with van der Waals surface area (Å²) in [5, 5.41) is 4.02. The van der Waals surface area contributed by atoms with Crippen molar-refractivity contribution in [3.8, 4) is 0 Å². The van der Waals surface area contributed by atoms with Crippen molar-refractivity contribution in [2.24, 2.45) is 5.10 Å². The fourth-order valence-corrected chi connectivity index (χ4v) is 2.31. The first kappa shape index (κ1) is 18.2. The van der Waals surface area contributed by atoms with Gasteiger partial charge in [-0.3, -0.25) is 4.79 Å². The van der Waals surface area contributed by atoms with Gasteiger partial charge in [-0.15, -0.1) is 0 Å². The number of carbonyl (C=O) groups is 1. The van der Waals surface area contributed by atoms with Gasteiger partial charge in [0.15, 0.2) is 0 Å². The number of anilines is 1. The molecule has 0 bridgehead atoms. The second-order valence-corrected chi connectivity index (χ2v) is 5.37. The van der Waals surface area contributed by atoms with Crippen LogP contribution >= 0.6 is 0 Å². The Hall–Kier alpha value is -1.84. The van der Waals surface area contributed by atoms with Gasteiger partial charge in [0.05, 0.1) is 6.21 Å². The monoisotopic (exact) mass is 303 g/mol. The standard InChI is InChI=1S/C18H29N3O/c1-4-7-8-9-10-18(22)20-19-15-16-11-13-17(14-12-16)21(5-2)6-3/h11-15H,4-10H2,1-3H3,(H,20,22). The van der Waals surface area contributed by atoms with Crippen LogP contribution in [0.15, 0.2) is 29.4 Å². The zero-order chi connectivity index (χ0) is 16.2. The molecule has 0 aliphatic heterocycles. The molecule has 4 nitrogen and oxygen atoms in total. The summed E-state index contributed by atoms with van der Waals surface area (Å²) in [6.07, 6.45) is 6.67. The lowest BCUT2D eigenvalue weighted by Crippen LogP contribution is -2.21. The van der Waals surface area contributed by atoms with E-state index in [1.165, 1.54) is 18.5 Å². The number of hydrogen-bond donors (Lipinski definition) is 1. The molecule has 1 aromatic rings. The van der Waals surface area contributed by atoms with Gasteiger partial charge >= 0.3 is 0 Å². The Morgan fingerprint density at radius 1 is 1.09 bits per heavy atom. The lowest BCUT2D eigenvalue weighted by Gasteiger charge is -2.20. The maximum absolute atomic E-state index is 11.6. The van der Waals surface area contributed by atoms with Crippen molar-refractivity contribution in [1.29, 1.82) is 0 Å². The largest absolute Gasteiger partial charge is 0.372 e. The smallest absolute Gasteiger partial charge is 0.240 e. The highest BCUT2D eigenvalue weighted by Gasteiger charge is 2.01. The first-order chi connectivity index (χ1) is 10.7. The average Bonchev–Trinajstić information content (AvgIpc) is 2.54. The molecule has 0 aliphatic carbocycles. The van der Waals surface area contributed by atoms with E-state index in [0.29, 0.717) is 6.42 Å². The molecule has 0 atom stereocenters. The van der Waals surface area contributed by atoms with Crippen LogP contribution in [0.1, 0.15) is 58.4 Å². The third-order valence-electron chi connectivity index (χ3n) is 3.68. The second kappa shape index (κ2) is 10.8. The molecule has 1 amide bonds. The van der Waals surface area contributed by atoms with Gasteiger partial charge in [-0.1, -0.05) is 38.3 Å². The summed E-state index contributed by atoms with van der Waals surface area (Å²) in [5.41, 5.74) is 4.79. The normalized spacial score (nSPS) is 10.9. The number of amides is 1. The van der Waals surface area contributed by atoms with E-state index in [2.05, 4.69) is 48.3 Å². The van der Waals surface area contributed by atoms with Crippen molar-refractivity contribution in [3.63, 3.8) is 0 Å².